The Bertz CT molecular complexity index is 225. The number of hydrogen-bond acceptors (Lipinski definition) is 2. The van der Waals surface area contributed by atoms with Crippen molar-refractivity contribution in [1.29, 1.82) is 0 Å². The van der Waals surface area contributed by atoms with E-state index in [0.717, 1.165) is 19.0 Å². The van der Waals surface area contributed by atoms with Crippen LogP contribution < -0.4 is 5.73 Å². The van der Waals surface area contributed by atoms with Gasteiger partial charge in [0.1, 0.15) is 0 Å². The summed E-state index contributed by atoms with van der Waals surface area (Å²) in [5.41, 5.74) is 6.35. The van der Waals surface area contributed by atoms with E-state index in [9.17, 15) is 0 Å². The van der Waals surface area contributed by atoms with Gasteiger partial charge in [-0.2, -0.15) is 0 Å². The van der Waals surface area contributed by atoms with Gasteiger partial charge in [-0.15, -0.1) is 0 Å². The molecular formula is C17H36N2. The molecule has 1 aliphatic carbocycles. The van der Waals surface area contributed by atoms with E-state index >= 15 is 0 Å². The highest BCUT2D eigenvalue weighted by molar-refractivity contribution is 4.89. The van der Waals surface area contributed by atoms with Crippen molar-refractivity contribution in [2.75, 3.05) is 19.6 Å². The van der Waals surface area contributed by atoms with Crippen LogP contribution in [0.1, 0.15) is 78.6 Å². The van der Waals surface area contributed by atoms with Crippen molar-refractivity contribution >= 4 is 0 Å². The van der Waals surface area contributed by atoms with Crippen molar-refractivity contribution in [1.82, 2.24) is 4.90 Å². The van der Waals surface area contributed by atoms with Crippen molar-refractivity contribution in [2.24, 2.45) is 11.7 Å². The first kappa shape index (κ1) is 17.0. The average molecular weight is 268 g/mol. The van der Waals surface area contributed by atoms with Gasteiger partial charge < -0.3 is 5.73 Å². The predicted molar refractivity (Wildman–Crippen MR) is 85.4 cm³/mol. The number of rotatable bonds is 11. The fourth-order valence-corrected chi connectivity index (χ4v) is 3.22. The Kier molecular flexibility index (Phi) is 8.01. The standard InChI is InChI=1S/C17H36N2/c1-4-6-7-8-9-13-17(3,15-18)19(5-2)14-16-11-10-12-16/h16H,4-15,18H2,1-3H3. The van der Waals surface area contributed by atoms with Gasteiger partial charge in [-0.25, -0.2) is 0 Å². The molecule has 0 radical (unpaired) electrons. The SMILES string of the molecule is CCCCCCCC(C)(CN)N(CC)CC1CCC1. The van der Waals surface area contributed by atoms with Crippen molar-refractivity contribution < 1.29 is 0 Å². The fourth-order valence-electron chi connectivity index (χ4n) is 3.22. The van der Waals surface area contributed by atoms with E-state index in [1.165, 1.54) is 64.3 Å². The molecule has 1 saturated carbocycles. The van der Waals surface area contributed by atoms with Crippen LogP contribution in [0.3, 0.4) is 0 Å². The number of unbranched alkanes of at least 4 members (excludes halogenated alkanes) is 4. The minimum Gasteiger partial charge on any atom is -0.329 e. The predicted octanol–water partition coefficient (Wildman–Crippen LogP) is 4.19. The van der Waals surface area contributed by atoms with Crippen LogP contribution in [-0.4, -0.2) is 30.1 Å². The molecule has 0 aromatic heterocycles. The molecule has 1 rings (SSSR count). The van der Waals surface area contributed by atoms with E-state index in [-0.39, 0.29) is 5.54 Å². The Balaban J connectivity index is 2.35. The first-order chi connectivity index (χ1) is 9.16. The van der Waals surface area contributed by atoms with Crippen LogP contribution in [0, 0.1) is 5.92 Å². The fraction of sp³-hybridized carbons (Fsp3) is 1.00. The highest BCUT2D eigenvalue weighted by atomic mass is 15.2. The Morgan fingerprint density at radius 3 is 2.26 bits per heavy atom. The zero-order valence-corrected chi connectivity index (χ0v) is 13.6. The van der Waals surface area contributed by atoms with Gasteiger partial charge in [-0.1, -0.05) is 52.4 Å². The first-order valence-electron chi connectivity index (χ1n) is 8.61. The summed E-state index contributed by atoms with van der Waals surface area (Å²) in [4.78, 5) is 2.66. The zero-order chi connectivity index (χ0) is 14.1. The molecule has 2 heteroatoms. The molecule has 1 fully saturated rings. The van der Waals surface area contributed by atoms with Crippen molar-refractivity contribution in [3.05, 3.63) is 0 Å². The largest absolute Gasteiger partial charge is 0.329 e. The van der Waals surface area contributed by atoms with E-state index < -0.39 is 0 Å². The lowest BCUT2D eigenvalue weighted by Gasteiger charge is -2.44. The van der Waals surface area contributed by atoms with Crippen LogP contribution >= 0.6 is 0 Å². The molecule has 0 spiro atoms. The number of likely N-dealkylation sites (N-methyl/N-ethyl adjacent to an activating group) is 1. The quantitative estimate of drug-likeness (QED) is 0.569. The lowest BCUT2D eigenvalue weighted by Crippen LogP contribution is -2.53. The molecule has 2 N–H and O–H groups in total. The second-order valence-electron chi connectivity index (χ2n) is 6.70. The van der Waals surface area contributed by atoms with Gasteiger partial charge in [0.05, 0.1) is 0 Å². The summed E-state index contributed by atoms with van der Waals surface area (Å²) in [6.07, 6.45) is 12.4. The van der Waals surface area contributed by atoms with Crippen LogP contribution in [0.2, 0.25) is 0 Å². The van der Waals surface area contributed by atoms with E-state index in [1.807, 2.05) is 0 Å². The molecule has 1 aliphatic rings. The van der Waals surface area contributed by atoms with Crippen molar-refractivity contribution in [3.63, 3.8) is 0 Å². The molecule has 0 saturated heterocycles. The molecule has 0 bridgehead atoms. The third-order valence-corrected chi connectivity index (χ3v) is 5.11. The maximum Gasteiger partial charge on any atom is 0.0303 e. The zero-order valence-electron chi connectivity index (χ0n) is 13.6. The molecule has 1 atom stereocenters. The summed E-state index contributed by atoms with van der Waals surface area (Å²) in [5, 5.41) is 0. The highest BCUT2D eigenvalue weighted by Crippen LogP contribution is 2.31. The summed E-state index contributed by atoms with van der Waals surface area (Å²) < 4.78 is 0. The van der Waals surface area contributed by atoms with Gasteiger partial charge in [0.2, 0.25) is 0 Å². The molecule has 1 unspecified atom stereocenters. The number of nitrogens with two attached hydrogens (primary N) is 1. The van der Waals surface area contributed by atoms with E-state index in [4.69, 9.17) is 5.73 Å². The number of hydrogen-bond donors (Lipinski definition) is 1. The minimum absolute atomic E-state index is 0.233. The molecule has 0 aromatic rings. The van der Waals surface area contributed by atoms with Crippen LogP contribution in [0.4, 0.5) is 0 Å². The van der Waals surface area contributed by atoms with Gasteiger partial charge >= 0.3 is 0 Å². The van der Waals surface area contributed by atoms with E-state index in [0.29, 0.717) is 0 Å². The van der Waals surface area contributed by atoms with Crippen LogP contribution in [-0.2, 0) is 0 Å². The Morgan fingerprint density at radius 2 is 1.79 bits per heavy atom. The Labute approximate surface area is 121 Å². The van der Waals surface area contributed by atoms with E-state index in [2.05, 4.69) is 25.7 Å². The highest BCUT2D eigenvalue weighted by Gasteiger charge is 2.31. The maximum atomic E-state index is 6.12. The molecule has 2 nitrogen and oxygen atoms in total. The monoisotopic (exact) mass is 268 g/mol. The Morgan fingerprint density at radius 1 is 1.11 bits per heavy atom. The smallest absolute Gasteiger partial charge is 0.0303 e. The van der Waals surface area contributed by atoms with E-state index in [1.54, 1.807) is 0 Å². The normalized spacial score (nSPS) is 19.4. The van der Waals surface area contributed by atoms with Gasteiger partial charge in [0, 0.05) is 18.6 Å². The molecule has 0 aromatic carbocycles. The minimum atomic E-state index is 0.233. The third kappa shape index (κ3) is 5.43. The second-order valence-corrected chi connectivity index (χ2v) is 6.70. The van der Waals surface area contributed by atoms with Crippen molar-refractivity contribution in [3.8, 4) is 0 Å². The van der Waals surface area contributed by atoms with Gasteiger partial charge in [0.15, 0.2) is 0 Å². The second kappa shape index (κ2) is 8.97. The summed E-state index contributed by atoms with van der Waals surface area (Å²) in [7, 11) is 0. The molecule has 0 amide bonds. The molecular weight excluding hydrogens is 232 g/mol. The van der Waals surface area contributed by atoms with Gasteiger partial charge in [-0.05, 0) is 38.6 Å². The van der Waals surface area contributed by atoms with Crippen LogP contribution in [0.5, 0.6) is 0 Å². The van der Waals surface area contributed by atoms with Gasteiger partial charge in [-0.3, -0.25) is 4.90 Å². The van der Waals surface area contributed by atoms with Crippen molar-refractivity contribution in [2.45, 2.75) is 84.1 Å². The molecule has 114 valence electrons. The first-order valence-corrected chi connectivity index (χ1v) is 8.61. The summed E-state index contributed by atoms with van der Waals surface area (Å²) >= 11 is 0. The summed E-state index contributed by atoms with van der Waals surface area (Å²) in [6, 6.07) is 0. The lowest BCUT2D eigenvalue weighted by atomic mass is 9.83. The van der Waals surface area contributed by atoms with Crippen LogP contribution in [0.25, 0.3) is 0 Å². The van der Waals surface area contributed by atoms with Gasteiger partial charge in [0.25, 0.3) is 0 Å². The summed E-state index contributed by atoms with van der Waals surface area (Å²) in [5.74, 6) is 0.950. The molecule has 19 heavy (non-hydrogen) atoms. The topological polar surface area (TPSA) is 29.3 Å². The molecule has 0 aliphatic heterocycles. The maximum absolute atomic E-state index is 6.12. The summed E-state index contributed by atoms with van der Waals surface area (Å²) in [6.45, 7) is 10.2. The number of nitrogens with zero attached hydrogens (tertiary/aromatic N) is 1. The third-order valence-electron chi connectivity index (χ3n) is 5.11. The molecule has 0 heterocycles. The lowest BCUT2D eigenvalue weighted by molar-refractivity contribution is 0.0674. The Hall–Kier alpha value is -0.0800. The average Bonchev–Trinajstić information content (AvgIpc) is 2.37. The van der Waals surface area contributed by atoms with Crippen LogP contribution in [0.15, 0.2) is 0 Å².